The zero-order valence-corrected chi connectivity index (χ0v) is 23.3. The molecule has 0 saturated heterocycles. The molecule has 5 aromatic rings. The van der Waals surface area contributed by atoms with Crippen molar-refractivity contribution in [3.8, 4) is 0 Å². The van der Waals surface area contributed by atoms with E-state index in [1.54, 1.807) is 11.8 Å². The molecule has 0 radical (unpaired) electrons. The van der Waals surface area contributed by atoms with Gasteiger partial charge in [-0.3, -0.25) is 5.32 Å². The van der Waals surface area contributed by atoms with Gasteiger partial charge in [0.05, 0.1) is 5.54 Å². The molecule has 0 spiro atoms. The Balaban J connectivity index is 1.65. The van der Waals surface area contributed by atoms with Crippen LogP contribution in [0.1, 0.15) is 28.7 Å². The summed E-state index contributed by atoms with van der Waals surface area (Å²) < 4.78 is 0. The molecule has 0 amide bonds. The second kappa shape index (κ2) is 12.0. The molecule has 0 aliphatic heterocycles. The van der Waals surface area contributed by atoms with E-state index in [0.717, 1.165) is 28.0 Å². The monoisotopic (exact) mass is 556 g/mol. The van der Waals surface area contributed by atoms with E-state index in [4.69, 9.17) is 16.4 Å². The van der Waals surface area contributed by atoms with Crippen LogP contribution in [0.15, 0.2) is 103 Å². The van der Waals surface area contributed by atoms with Crippen LogP contribution in [0.3, 0.4) is 0 Å². The number of nitrogens with one attached hydrogen (secondary N) is 1. The Hall–Kier alpha value is -3.65. The minimum Gasteiger partial charge on any atom is -0.315 e. The number of hydrogen-bond donors (Lipinski definition) is 1. The van der Waals surface area contributed by atoms with Crippen molar-refractivity contribution in [2.24, 2.45) is 0 Å². The predicted octanol–water partition coefficient (Wildman–Crippen LogP) is 6.05. The number of carbonyl (C=O) groups is 1. The Kier molecular flexibility index (Phi) is 8.31. The highest BCUT2D eigenvalue weighted by Gasteiger charge is 2.41. The lowest BCUT2D eigenvalue weighted by molar-refractivity contribution is -0.148. The number of halogens is 1. The summed E-state index contributed by atoms with van der Waals surface area (Å²) in [4.78, 5) is 20.9. The largest absolute Gasteiger partial charge is 0.351 e. The van der Waals surface area contributed by atoms with E-state index in [1.165, 1.54) is 4.85 Å². The van der Waals surface area contributed by atoms with Gasteiger partial charge in [-0.1, -0.05) is 107 Å². The minimum absolute atomic E-state index is 0.459. The average Bonchev–Trinajstić information content (AvgIpc) is 3.37. The number of hydrogen-bond acceptors (Lipinski definition) is 6. The summed E-state index contributed by atoms with van der Waals surface area (Å²) in [6, 6.07) is 32.8. The van der Waals surface area contributed by atoms with Crippen LogP contribution in [0.5, 0.6) is 0 Å². The van der Waals surface area contributed by atoms with Crippen LogP contribution < -0.4 is 10.2 Å². The maximum atomic E-state index is 13.9. The number of carbonyl (C=O) groups excluding carboxylic acids is 1. The number of aryl methyl sites for hydroxylation is 1. The number of para-hydroxylation sites is 1. The van der Waals surface area contributed by atoms with E-state index < -0.39 is 17.6 Å². The van der Waals surface area contributed by atoms with Crippen LogP contribution in [0.4, 0.5) is 0 Å². The maximum Gasteiger partial charge on any atom is 0.351 e. The summed E-state index contributed by atoms with van der Waals surface area (Å²) in [6.07, 6.45) is 2.54. The quantitative estimate of drug-likeness (QED) is 0.167. The standard InChI is InChI=1S/C31H29ClN4O2S/c1-22-16-18-24(19-17-22)31(23-10-4-3-5-11-23,25-12-6-7-13-26(25)32)33-28(20-21-39-2)30(37)38-36-29-15-9-8-14-27(29)34-35-36/h3-19,28,33H,20-21H2,1-2H3/t28-,31?/m0/s1. The van der Waals surface area contributed by atoms with Crippen LogP contribution in [0, 0.1) is 6.92 Å². The van der Waals surface area contributed by atoms with Crippen molar-refractivity contribution < 1.29 is 9.63 Å². The third-order valence-electron chi connectivity index (χ3n) is 6.75. The highest BCUT2D eigenvalue weighted by atomic mass is 35.5. The molecule has 39 heavy (non-hydrogen) atoms. The molecule has 0 bridgehead atoms. The summed E-state index contributed by atoms with van der Waals surface area (Å²) in [7, 11) is 0. The second-order valence-corrected chi connectivity index (χ2v) is 10.7. The van der Waals surface area contributed by atoms with Crippen LogP contribution in [-0.2, 0) is 10.3 Å². The molecule has 5 rings (SSSR count). The predicted molar refractivity (Wildman–Crippen MR) is 158 cm³/mol. The van der Waals surface area contributed by atoms with Gasteiger partial charge in [0.25, 0.3) is 0 Å². The van der Waals surface area contributed by atoms with Gasteiger partial charge in [-0.05, 0) is 65.5 Å². The van der Waals surface area contributed by atoms with Crippen molar-refractivity contribution in [3.05, 3.63) is 130 Å². The number of fused-ring (bicyclic) bond motifs is 1. The summed E-state index contributed by atoms with van der Waals surface area (Å²) in [5, 5.41) is 12.5. The smallest absolute Gasteiger partial charge is 0.315 e. The molecular formula is C31H29ClN4O2S. The lowest BCUT2D eigenvalue weighted by Crippen LogP contribution is -2.54. The van der Waals surface area contributed by atoms with Gasteiger partial charge in [0, 0.05) is 5.02 Å². The Morgan fingerprint density at radius 1 is 0.949 bits per heavy atom. The fraction of sp³-hybridized carbons (Fsp3) is 0.194. The molecule has 6 nitrogen and oxygen atoms in total. The third kappa shape index (κ3) is 5.57. The molecule has 8 heteroatoms. The Labute approximate surface area is 237 Å². The van der Waals surface area contributed by atoms with Crippen molar-refractivity contribution in [1.82, 2.24) is 20.5 Å². The minimum atomic E-state index is -0.945. The Morgan fingerprint density at radius 3 is 2.36 bits per heavy atom. The number of benzene rings is 4. The molecule has 0 aliphatic rings. The molecular weight excluding hydrogens is 528 g/mol. The Bertz CT molecular complexity index is 1560. The summed E-state index contributed by atoms with van der Waals surface area (Å²) in [5.41, 5.74) is 4.21. The third-order valence-corrected chi connectivity index (χ3v) is 7.73. The fourth-order valence-corrected chi connectivity index (χ4v) is 5.54. The molecule has 1 N–H and O–H groups in total. The highest BCUT2D eigenvalue weighted by molar-refractivity contribution is 7.98. The Morgan fingerprint density at radius 2 is 1.62 bits per heavy atom. The molecule has 0 fully saturated rings. The first-order valence-electron chi connectivity index (χ1n) is 12.7. The molecule has 198 valence electrons. The lowest BCUT2D eigenvalue weighted by Gasteiger charge is -2.40. The van der Waals surface area contributed by atoms with Gasteiger partial charge in [0.2, 0.25) is 0 Å². The molecule has 1 aromatic heterocycles. The van der Waals surface area contributed by atoms with Gasteiger partial charge in [0.1, 0.15) is 17.1 Å². The fourth-order valence-electron chi connectivity index (χ4n) is 4.79. The van der Waals surface area contributed by atoms with E-state index in [0.29, 0.717) is 22.5 Å². The summed E-state index contributed by atoms with van der Waals surface area (Å²) >= 11 is 8.57. The normalized spacial score (nSPS) is 13.6. The van der Waals surface area contributed by atoms with Gasteiger partial charge in [-0.2, -0.15) is 11.8 Å². The number of rotatable bonds is 10. The van der Waals surface area contributed by atoms with Crippen molar-refractivity contribution in [2.75, 3.05) is 12.0 Å². The highest BCUT2D eigenvalue weighted by Crippen LogP contribution is 2.41. The molecule has 4 aromatic carbocycles. The number of thioether (sulfide) groups is 1. The lowest BCUT2D eigenvalue weighted by atomic mass is 9.76. The van der Waals surface area contributed by atoms with Crippen molar-refractivity contribution >= 4 is 40.4 Å². The second-order valence-electron chi connectivity index (χ2n) is 9.30. The van der Waals surface area contributed by atoms with E-state index in [1.807, 2.05) is 73.0 Å². The van der Waals surface area contributed by atoms with Crippen LogP contribution in [-0.4, -0.2) is 39.2 Å². The van der Waals surface area contributed by atoms with E-state index in [9.17, 15) is 4.79 Å². The molecule has 1 heterocycles. The summed E-state index contributed by atoms with van der Waals surface area (Å²) in [6.45, 7) is 2.05. The number of nitrogens with zero attached hydrogens (tertiary/aromatic N) is 3. The van der Waals surface area contributed by atoms with E-state index in [-0.39, 0.29) is 0 Å². The average molecular weight is 557 g/mol. The molecule has 1 unspecified atom stereocenters. The van der Waals surface area contributed by atoms with Crippen LogP contribution in [0.2, 0.25) is 5.02 Å². The van der Waals surface area contributed by atoms with Gasteiger partial charge in [-0.15, -0.1) is 5.10 Å². The SMILES string of the molecule is CSCC[C@H](NC(c1ccccc1)(c1ccc(C)cc1)c1ccccc1Cl)C(=O)On1nnc2ccccc21. The molecule has 0 saturated carbocycles. The zero-order valence-electron chi connectivity index (χ0n) is 21.8. The van der Waals surface area contributed by atoms with Crippen molar-refractivity contribution in [1.29, 1.82) is 0 Å². The van der Waals surface area contributed by atoms with Gasteiger partial charge in [-0.25, -0.2) is 4.79 Å². The first-order valence-corrected chi connectivity index (χ1v) is 14.5. The number of aromatic nitrogens is 3. The summed E-state index contributed by atoms with van der Waals surface area (Å²) in [5.74, 6) is 0.283. The van der Waals surface area contributed by atoms with Gasteiger partial charge < -0.3 is 4.84 Å². The van der Waals surface area contributed by atoms with Crippen molar-refractivity contribution in [2.45, 2.75) is 24.9 Å². The van der Waals surface area contributed by atoms with E-state index >= 15 is 0 Å². The topological polar surface area (TPSA) is 69.0 Å². The van der Waals surface area contributed by atoms with Crippen LogP contribution in [0.25, 0.3) is 11.0 Å². The first kappa shape index (κ1) is 26.9. The molecule has 2 atom stereocenters. The van der Waals surface area contributed by atoms with E-state index in [2.05, 4.69) is 59.0 Å². The maximum absolute atomic E-state index is 13.9. The van der Waals surface area contributed by atoms with Gasteiger partial charge >= 0.3 is 5.97 Å². The van der Waals surface area contributed by atoms with Crippen LogP contribution >= 0.6 is 23.4 Å². The zero-order chi connectivity index (χ0) is 27.2. The molecule has 0 aliphatic carbocycles. The first-order chi connectivity index (χ1) is 19.0. The van der Waals surface area contributed by atoms with Gasteiger partial charge in [0.15, 0.2) is 0 Å². The van der Waals surface area contributed by atoms with Crippen molar-refractivity contribution in [3.63, 3.8) is 0 Å².